The highest BCUT2D eigenvalue weighted by Gasteiger charge is 2.48. The van der Waals surface area contributed by atoms with Crippen molar-refractivity contribution in [2.24, 2.45) is 5.92 Å². The molecule has 0 bridgehead atoms. The van der Waals surface area contributed by atoms with Gasteiger partial charge in [0.15, 0.2) is 0 Å². The average molecular weight is 363 g/mol. The maximum Gasteiger partial charge on any atom is 0.329 e. The Morgan fingerprint density at radius 2 is 1.95 bits per heavy atom. The number of carboxylic acids is 1. The van der Waals surface area contributed by atoms with E-state index in [0.29, 0.717) is 18.9 Å². The molecule has 114 valence electrons. The highest BCUT2D eigenvalue weighted by Crippen LogP contribution is 2.39. The highest BCUT2D eigenvalue weighted by atomic mass is 79.9. The summed E-state index contributed by atoms with van der Waals surface area (Å²) in [6.45, 7) is 1.41. The molecule has 1 unspecified atom stereocenters. The maximum absolute atomic E-state index is 13.5. The number of hydrogen-bond acceptors (Lipinski definition) is 2. The molecule has 2 rings (SSSR count). The molecule has 1 aromatic rings. The van der Waals surface area contributed by atoms with E-state index in [0.717, 1.165) is 6.07 Å². The normalized spacial score (nSPS) is 17.0. The van der Waals surface area contributed by atoms with Gasteiger partial charge in [0.25, 0.3) is 0 Å². The molecule has 0 heterocycles. The molecule has 0 aliphatic heterocycles. The van der Waals surface area contributed by atoms with Crippen LogP contribution < -0.4 is 10.6 Å². The fraction of sp³-hybridized carbons (Fsp3) is 0.385. The average Bonchev–Trinajstić information content (AvgIpc) is 3.19. The molecule has 0 spiro atoms. The fourth-order valence-electron chi connectivity index (χ4n) is 2.00. The number of carboxylic acid groups (broad SMARTS) is 1. The monoisotopic (exact) mass is 362 g/mol. The summed E-state index contributed by atoms with van der Waals surface area (Å²) in [4.78, 5) is 23.1. The van der Waals surface area contributed by atoms with Gasteiger partial charge in [-0.1, -0.05) is 0 Å². The Morgan fingerprint density at radius 1 is 1.33 bits per heavy atom. The summed E-state index contributed by atoms with van der Waals surface area (Å²) in [5.41, 5.74) is -1.65. The molecule has 1 aliphatic carbocycles. The van der Waals surface area contributed by atoms with Gasteiger partial charge in [-0.15, -0.1) is 0 Å². The van der Waals surface area contributed by atoms with Crippen LogP contribution in [0.15, 0.2) is 16.6 Å². The maximum atomic E-state index is 13.5. The van der Waals surface area contributed by atoms with Crippen LogP contribution in [0.4, 0.5) is 19.3 Å². The Hall–Kier alpha value is -1.70. The molecule has 1 fully saturated rings. The Labute approximate surface area is 127 Å². The summed E-state index contributed by atoms with van der Waals surface area (Å²) in [5.74, 6) is -3.05. The smallest absolute Gasteiger partial charge is 0.329 e. The number of nitrogens with one attached hydrogen (secondary N) is 2. The lowest BCUT2D eigenvalue weighted by Crippen LogP contribution is -2.55. The van der Waals surface area contributed by atoms with E-state index in [-0.39, 0.29) is 16.1 Å². The van der Waals surface area contributed by atoms with Gasteiger partial charge in [-0.05, 0) is 47.7 Å². The van der Waals surface area contributed by atoms with Crippen molar-refractivity contribution in [1.29, 1.82) is 0 Å². The van der Waals surface area contributed by atoms with E-state index in [2.05, 4.69) is 26.6 Å². The number of carbonyl (C=O) groups is 2. The first-order valence-electron chi connectivity index (χ1n) is 6.21. The number of carbonyl (C=O) groups excluding carboxylic acids is 1. The molecule has 21 heavy (non-hydrogen) atoms. The predicted octanol–water partition coefficient (Wildman–Crippen LogP) is 3.10. The van der Waals surface area contributed by atoms with Crippen molar-refractivity contribution in [3.8, 4) is 0 Å². The largest absolute Gasteiger partial charge is 0.480 e. The van der Waals surface area contributed by atoms with Gasteiger partial charge in [0.05, 0.1) is 10.2 Å². The highest BCUT2D eigenvalue weighted by molar-refractivity contribution is 9.10. The summed E-state index contributed by atoms with van der Waals surface area (Å²) >= 11 is 2.88. The lowest BCUT2D eigenvalue weighted by Gasteiger charge is -2.26. The second kappa shape index (κ2) is 5.59. The first kappa shape index (κ1) is 15.7. The lowest BCUT2D eigenvalue weighted by atomic mass is 9.96. The summed E-state index contributed by atoms with van der Waals surface area (Å²) in [6, 6.07) is 0.834. The Morgan fingerprint density at radius 3 is 2.48 bits per heavy atom. The van der Waals surface area contributed by atoms with Crippen LogP contribution in [0.1, 0.15) is 19.8 Å². The van der Waals surface area contributed by atoms with Crippen LogP contribution in [0.5, 0.6) is 0 Å². The van der Waals surface area contributed by atoms with Crippen LogP contribution in [0, 0.1) is 17.6 Å². The van der Waals surface area contributed by atoms with E-state index in [4.69, 9.17) is 0 Å². The molecule has 1 atom stereocenters. The number of halogens is 3. The van der Waals surface area contributed by atoms with Crippen LogP contribution in [0.2, 0.25) is 0 Å². The fourth-order valence-corrected chi connectivity index (χ4v) is 2.34. The zero-order valence-corrected chi connectivity index (χ0v) is 12.6. The predicted molar refractivity (Wildman–Crippen MR) is 75.0 cm³/mol. The molecule has 5 nitrogen and oxygen atoms in total. The summed E-state index contributed by atoms with van der Waals surface area (Å²) in [5, 5.41) is 13.7. The Balaban J connectivity index is 2.11. The standard InChI is InChI=1S/C13H13BrF2N2O3/c1-13(11(19)20,6-2-3-6)18-12(21)17-10-4-7(14)8(15)5-9(10)16/h4-6H,2-3H2,1H3,(H,19,20)(H2,17,18,21). The molecule has 2 amide bonds. The molecular weight excluding hydrogens is 350 g/mol. The van der Waals surface area contributed by atoms with Crippen molar-refractivity contribution in [1.82, 2.24) is 5.32 Å². The molecule has 0 aromatic heterocycles. The molecule has 8 heteroatoms. The number of rotatable bonds is 4. The van der Waals surface area contributed by atoms with E-state index in [9.17, 15) is 23.5 Å². The third kappa shape index (κ3) is 3.31. The summed E-state index contributed by atoms with van der Waals surface area (Å²) in [7, 11) is 0. The number of amides is 2. The molecule has 1 saturated carbocycles. The van der Waals surface area contributed by atoms with E-state index < -0.39 is 29.2 Å². The van der Waals surface area contributed by atoms with Crippen molar-refractivity contribution in [3.05, 3.63) is 28.2 Å². The molecule has 3 N–H and O–H groups in total. The van der Waals surface area contributed by atoms with Gasteiger partial charge in [-0.25, -0.2) is 18.4 Å². The SMILES string of the molecule is CC(NC(=O)Nc1cc(Br)c(F)cc1F)(C(=O)O)C1CC1. The molecule has 0 radical (unpaired) electrons. The third-order valence-electron chi connectivity index (χ3n) is 3.47. The first-order chi connectivity index (χ1) is 9.74. The number of aliphatic carboxylic acids is 1. The number of benzene rings is 1. The third-order valence-corrected chi connectivity index (χ3v) is 4.08. The molecule has 1 aromatic carbocycles. The van der Waals surface area contributed by atoms with Crippen molar-refractivity contribution in [2.45, 2.75) is 25.3 Å². The zero-order chi connectivity index (χ0) is 15.8. The van der Waals surface area contributed by atoms with Gasteiger partial charge < -0.3 is 15.7 Å². The van der Waals surface area contributed by atoms with Gasteiger partial charge >= 0.3 is 12.0 Å². The van der Waals surface area contributed by atoms with E-state index in [1.54, 1.807) is 0 Å². The van der Waals surface area contributed by atoms with Crippen molar-refractivity contribution in [2.75, 3.05) is 5.32 Å². The topological polar surface area (TPSA) is 78.4 Å². The summed E-state index contributed by atoms with van der Waals surface area (Å²) in [6.07, 6.45) is 1.42. The Bertz CT molecular complexity index is 607. The van der Waals surface area contributed by atoms with Crippen molar-refractivity contribution in [3.63, 3.8) is 0 Å². The van der Waals surface area contributed by atoms with E-state index in [1.165, 1.54) is 6.92 Å². The van der Waals surface area contributed by atoms with Crippen molar-refractivity contribution < 1.29 is 23.5 Å². The zero-order valence-electron chi connectivity index (χ0n) is 11.0. The quantitative estimate of drug-likeness (QED) is 0.720. The number of urea groups is 1. The second-order valence-electron chi connectivity index (χ2n) is 5.11. The van der Waals surface area contributed by atoms with Gasteiger partial charge in [-0.2, -0.15) is 0 Å². The van der Waals surface area contributed by atoms with Gasteiger partial charge in [0.1, 0.15) is 17.2 Å². The first-order valence-corrected chi connectivity index (χ1v) is 7.00. The van der Waals surface area contributed by atoms with Crippen LogP contribution in [0.3, 0.4) is 0 Å². The van der Waals surface area contributed by atoms with E-state index >= 15 is 0 Å². The van der Waals surface area contributed by atoms with Crippen LogP contribution >= 0.6 is 15.9 Å². The van der Waals surface area contributed by atoms with E-state index in [1.807, 2.05) is 0 Å². The minimum atomic E-state index is -1.40. The van der Waals surface area contributed by atoms with Gasteiger partial charge in [0.2, 0.25) is 0 Å². The molecular formula is C13H13BrF2N2O3. The van der Waals surface area contributed by atoms with Gasteiger partial charge in [-0.3, -0.25) is 0 Å². The molecule has 1 aliphatic rings. The Kier molecular flexibility index (Phi) is 4.18. The number of hydrogen-bond donors (Lipinski definition) is 3. The minimum Gasteiger partial charge on any atom is -0.480 e. The van der Waals surface area contributed by atoms with Gasteiger partial charge in [0, 0.05) is 6.07 Å². The minimum absolute atomic E-state index is 0.0117. The van der Waals surface area contributed by atoms with Crippen LogP contribution in [-0.4, -0.2) is 22.6 Å². The second-order valence-corrected chi connectivity index (χ2v) is 5.96. The van der Waals surface area contributed by atoms with Crippen LogP contribution in [0.25, 0.3) is 0 Å². The molecule has 0 saturated heterocycles. The summed E-state index contributed by atoms with van der Waals surface area (Å²) < 4.78 is 26.6. The lowest BCUT2D eigenvalue weighted by molar-refractivity contribution is -0.144. The van der Waals surface area contributed by atoms with Crippen molar-refractivity contribution >= 4 is 33.6 Å². The number of anilines is 1. The van der Waals surface area contributed by atoms with Crippen LogP contribution in [-0.2, 0) is 4.79 Å².